The molecule has 0 spiro atoms. The summed E-state index contributed by atoms with van der Waals surface area (Å²) in [7, 11) is -1.66. The maximum absolute atomic E-state index is 12.0. The van der Waals surface area contributed by atoms with Gasteiger partial charge < -0.3 is 4.74 Å². The Morgan fingerprint density at radius 1 is 1.13 bits per heavy atom. The summed E-state index contributed by atoms with van der Waals surface area (Å²) in [5, 5.41) is 0. The van der Waals surface area contributed by atoms with E-state index in [4.69, 9.17) is 4.74 Å². The van der Waals surface area contributed by atoms with Crippen LogP contribution in [0.5, 0.6) is 5.75 Å². The standard InChI is InChI=1S/C17H22N2O3S/c1-22-17-8-2-5-15(13-17)9-12-23(20,21)19-11-4-7-16-6-3-10-18-14-16/h2-3,5-6,8,10,13-14,19H,4,7,9,11-12H2,1H3. The lowest BCUT2D eigenvalue weighted by Gasteiger charge is -2.08. The minimum Gasteiger partial charge on any atom is -0.497 e. The highest BCUT2D eigenvalue weighted by Gasteiger charge is 2.10. The van der Waals surface area contributed by atoms with Gasteiger partial charge in [0.2, 0.25) is 10.0 Å². The van der Waals surface area contributed by atoms with Gasteiger partial charge in [0.05, 0.1) is 12.9 Å². The summed E-state index contributed by atoms with van der Waals surface area (Å²) < 4.78 is 31.8. The van der Waals surface area contributed by atoms with Crippen molar-refractivity contribution in [2.75, 3.05) is 19.4 Å². The van der Waals surface area contributed by atoms with Crippen LogP contribution in [0.4, 0.5) is 0 Å². The van der Waals surface area contributed by atoms with Crippen LogP contribution < -0.4 is 9.46 Å². The van der Waals surface area contributed by atoms with Gasteiger partial charge >= 0.3 is 0 Å². The number of nitrogens with zero attached hydrogens (tertiary/aromatic N) is 1. The van der Waals surface area contributed by atoms with E-state index < -0.39 is 10.0 Å². The molecule has 0 unspecified atom stereocenters. The highest BCUT2D eigenvalue weighted by atomic mass is 32.2. The third-order valence-electron chi connectivity index (χ3n) is 3.48. The first kappa shape index (κ1) is 17.4. The minimum absolute atomic E-state index is 0.0764. The van der Waals surface area contributed by atoms with Crippen LogP contribution >= 0.6 is 0 Å². The van der Waals surface area contributed by atoms with E-state index in [1.807, 2.05) is 36.4 Å². The fourth-order valence-corrected chi connectivity index (χ4v) is 3.32. The molecule has 0 saturated heterocycles. The topological polar surface area (TPSA) is 68.3 Å². The summed E-state index contributed by atoms with van der Waals surface area (Å²) in [5.41, 5.74) is 2.06. The fourth-order valence-electron chi connectivity index (χ4n) is 2.22. The van der Waals surface area contributed by atoms with Crippen molar-refractivity contribution in [3.05, 3.63) is 59.9 Å². The molecule has 0 radical (unpaired) electrons. The van der Waals surface area contributed by atoms with Crippen LogP contribution in [0.25, 0.3) is 0 Å². The quantitative estimate of drug-likeness (QED) is 0.714. The lowest BCUT2D eigenvalue weighted by molar-refractivity contribution is 0.414. The Bertz CT molecular complexity index is 703. The zero-order valence-electron chi connectivity index (χ0n) is 13.2. The van der Waals surface area contributed by atoms with Gasteiger partial charge in [0.25, 0.3) is 0 Å². The van der Waals surface area contributed by atoms with Crippen LogP contribution in [0.2, 0.25) is 0 Å². The van der Waals surface area contributed by atoms with E-state index in [-0.39, 0.29) is 5.75 Å². The number of pyridine rings is 1. The Morgan fingerprint density at radius 3 is 2.70 bits per heavy atom. The van der Waals surface area contributed by atoms with Crippen molar-refractivity contribution in [3.63, 3.8) is 0 Å². The molecule has 0 fully saturated rings. The molecule has 1 aromatic carbocycles. The van der Waals surface area contributed by atoms with Crippen molar-refractivity contribution < 1.29 is 13.2 Å². The monoisotopic (exact) mass is 334 g/mol. The minimum atomic E-state index is -3.26. The van der Waals surface area contributed by atoms with Gasteiger partial charge in [-0.2, -0.15) is 0 Å². The first-order valence-corrected chi connectivity index (χ1v) is 9.23. The number of aryl methyl sites for hydroxylation is 2. The maximum atomic E-state index is 12.0. The van der Waals surface area contributed by atoms with Crippen LogP contribution in [-0.4, -0.2) is 32.8 Å². The number of aromatic nitrogens is 1. The van der Waals surface area contributed by atoms with E-state index in [0.29, 0.717) is 13.0 Å². The normalized spacial score (nSPS) is 11.3. The number of hydrogen-bond donors (Lipinski definition) is 1. The van der Waals surface area contributed by atoms with Gasteiger partial charge in [-0.25, -0.2) is 13.1 Å². The summed E-state index contributed by atoms with van der Waals surface area (Å²) in [6.07, 6.45) is 5.56. The summed E-state index contributed by atoms with van der Waals surface area (Å²) in [6, 6.07) is 11.3. The molecule has 2 rings (SSSR count). The van der Waals surface area contributed by atoms with E-state index in [0.717, 1.165) is 29.7 Å². The number of benzene rings is 1. The van der Waals surface area contributed by atoms with E-state index in [2.05, 4.69) is 9.71 Å². The number of nitrogens with one attached hydrogen (secondary N) is 1. The maximum Gasteiger partial charge on any atom is 0.211 e. The summed E-state index contributed by atoms with van der Waals surface area (Å²) in [6.45, 7) is 0.440. The zero-order valence-corrected chi connectivity index (χ0v) is 14.1. The molecular formula is C17H22N2O3S. The first-order chi connectivity index (χ1) is 11.1. The van der Waals surface area contributed by atoms with E-state index in [9.17, 15) is 8.42 Å². The van der Waals surface area contributed by atoms with Gasteiger partial charge in [-0.05, 0) is 48.6 Å². The van der Waals surface area contributed by atoms with Gasteiger partial charge in [0.15, 0.2) is 0 Å². The molecule has 0 aliphatic heterocycles. The molecule has 6 heteroatoms. The van der Waals surface area contributed by atoms with Crippen molar-refractivity contribution in [2.24, 2.45) is 0 Å². The second-order valence-corrected chi connectivity index (χ2v) is 7.21. The second kappa shape index (κ2) is 8.64. The molecule has 0 amide bonds. The van der Waals surface area contributed by atoms with Crippen LogP contribution in [0, 0.1) is 0 Å². The molecule has 1 aromatic heterocycles. The highest BCUT2D eigenvalue weighted by molar-refractivity contribution is 7.89. The fraction of sp³-hybridized carbons (Fsp3) is 0.353. The zero-order chi connectivity index (χ0) is 16.5. The third kappa shape index (κ3) is 6.38. The van der Waals surface area contributed by atoms with Gasteiger partial charge in [0.1, 0.15) is 5.75 Å². The van der Waals surface area contributed by atoms with Crippen molar-refractivity contribution in [3.8, 4) is 5.75 Å². The van der Waals surface area contributed by atoms with Gasteiger partial charge in [-0.3, -0.25) is 4.98 Å². The lowest BCUT2D eigenvalue weighted by Crippen LogP contribution is -2.28. The van der Waals surface area contributed by atoms with Crippen LogP contribution in [0.1, 0.15) is 17.5 Å². The molecule has 1 heterocycles. The molecule has 0 bridgehead atoms. The molecule has 0 aliphatic carbocycles. The Kier molecular flexibility index (Phi) is 6.55. The Balaban J connectivity index is 1.73. The molecule has 5 nitrogen and oxygen atoms in total. The van der Waals surface area contributed by atoms with Crippen LogP contribution in [-0.2, 0) is 22.9 Å². The van der Waals surface area contributed by atoms with Gasteiger partial charge in [0, 0.05) is 18.9 Å². The smallest absolute Gasteiger partial charge is 0.211 e. The number of hydrogen-bond acceptors (Lipinski definition) is 4. The van der Waals surface area contributed by atoms with Crippen LogP contribution in [0.3, 0.4) is 0 Å². The lowest BCUT2D eigenvalue weighted by atomic mass is 10.2. The second-order valence-electron chi connectivity index (χ2n) is 5.28. The molecule has 1 N–H and O–H groups in total. The largest absolute Gasteiger partial charge is 0.497 e. The predicted octanol–water partition coefficient (Wildman–Crippen LogP) is 2.18. The van der Waals surface area contributed by atoms with E-state index >= 15 is 0 Å². The number of ether oxygens (including phenoxy) is 1. The van der Waals surface area contributed by atoms with Crippen molar-refractivity contribution >= 4 is 10.0 Å². The molecular weight excluding hydrogens is 312 g/mol. The Hall–Kier alpha value is -1.92. The summed E-state index contributed by atoms with van der Waals surface area (Å²) in [5.74, 6) is 0.817. The van der Waals surface area contributed by atoms with Gasteiger partial charge in [-0.15, -0.1) is 0 Å². The SMILES string of the molecule is COc1cccc(CCS(=O)(=O)NCCCc2cccnc2)c1. The van der Waals surface area contributed by atoms with E-state index in [1.165, 1.54) is 0 Å². The van der Waals surface area contributed by atoms with Gasteiger partial charge in [-0.1, -0.05) is 18.2 Å². The molecule has 124 valence electrons. The Labute approximate surface area is 137 Å². The Morgan fingerprint density at radius 2 is 1.96 bits per heavy atom. The highest BCUT2D eigenvalue weighted by Crippen LogP contribution is 2.13. The summed E-state index contributed by atoms with van der Waals surface area (Å²) in [4.78, 5) is 4.04. The summed E-state index contributed by atoms with van der Waals surface area (Å²) >= 11 is 0. The third-order valence-corrected chi connectivity index (χ3v) is 4.87. The molecule has 23 heavy (non-hydrogen) atoms. The number of sulfonamides is 1. The molecule has 0 saturated carbocycles. The van der Waals surface area contributed by atoms with Crippen molar-refractivity contribution in [1.82, 2.24) is 9.71 Å². The molecule has 0 atom stereocenters. The average Bonchev–Trinajstić information content (AvgIpc) is 2.58. The number of rotatable bonds is 9. The average molecular weight is 334 g/mol. The van der Waals surface area contributed by atoms with Crippen molar-refractivity contribution in [2.45, 2.75) is 19.3 Å². The van der Waals surface area contributed by atoms with E-state index in [1.54, 1.807) is 19.5 Å². The van der Waals surface area contributed by atoms with Crippen LogP contribution in [0.15, 0.2) is 48.8 Å². The number of methoxy groups -OCH3 is 1. The molecule has 0 aliphatic rings. The molecule has 2 aromatic rings. The first-order valence-electron chi connectivity index (χ1n) is 7.58. The van der Waals surface area contributed by atoms with Crippen molar-refractivity contribution in [1.29, 1.82) is 0 Å². The predicted molar refractivity (Wildman–Crippen MR) is 91.0 cm³/mol.